The van der Waals surface area contributed by atoms with Crippen LogP contribution in [0.4, 0.5) is 0 Å². The van der Waals surface area contributed by atoms with Gasteiger partial charge < -0.3 is 19.5 Å². The minimum Gasteiger partial charge on any atom is -0.490 e. The summed E-state index contributed by atoms with van der Waals surface area (Å²) in [4.78, 5) is 23.8. The average molecular weight is 424 g/mol. The van der Waals surface area contributed by atoms with Gasteiger partial charge in [0.05, 0.1) is 6.61 Å². The lowest BCUT2D eigenvalue weighted by Gasteiger charge is -2.13. The average Bonchev–Trinajstić information content (AvgIpc) is 3.29. The zero-order valence-corrected chi connectivity index (χ0v) is 17.8. The fraction of sp³-hybridized carbons (Fsp3) is 0.360. The van der Waals surface area contributed by atoms with Crippen molar-refractivity contribution in [2.75, 3.05) is 13.2 Å². The Kier molecular flexibility index (Phi) is 8.52. The van der Waals surface area contributed by atoms with E-state index in [1.165, 1.54) is 6.08 Å². The molecule has 164 valence electrons. The van der Waals surface area contributed by atoms with Crippen LogP contribution in [0.5, 0.6) is 11.5 Å². The van der Waals surface area contributed by atoms with Crippen LogP contribution >= 0.6 is 0 Å². The van der Waals surface area contributed by atoms with E-state index in [-0.39, 0.29) is 18.6 Å². The molecule has 0 aromatic heterocycles. The smallest absolute Gasteiger partial charge is 0.331 e. The Morgan fingerprint density at radius 3 is 2.55 bits per heavy atom. The molecule has 0 unspecified atom stereocenters. The second kappa shape index (κ2) is 11.8. The summed E-state index contributed by atoms with van der Waals surface area (Å²) in [5.74, 6) is 0.412. The first kappa shape index (κ1) is 22.4. The van der Waals surface area contributed by atoms with Gasteiger partial charge >= 0.3 is 5.97 Å². The first-order chi connectivity index (χ1) is 15.1. The van der Waals surface area contributed by atoms with Crippen LogP contribution in [-0.4, -0.2) is 31.1 Å². The molecule has 0 saturated heterocycles. The molecule has 2 aromatic carbocycles. The van der Waals surface area contributed by atoms with Gasteiger partial charge in [0.2, 0.25) is 0 Å². The van der Waals surface area contributed by atoms with Crippen molar-refractivity contribution in [2.45, 2.75) is 45.3 Å². The summed E-state index contributed by atoms with van der Waals surface area (Å²) < 4.78 is 16.6. The van der Waals surface area contributed by atoms with Crippen LogP contribution in [0.3, 0.4) is 0 Å². The molecule has 1 N–H and O–H groups in total. The van der Waals surface area contributed by atoms with E-state index in [0.717, 1.165) is 36.8 Å². The highest BCUT2D eigenvalue weighted by molar-refractivity contribution is 5.89. The predicted octanol–water partition coefficient (Wildman–Crippen LogP) is 4.28. The topological polar surface area (TPSA) is 73.9 Å². The van der Waals surface area contributed by atoms with Crippen molar-refractivity contribution in [3.05, 3.63) is 65.7 Å². The fourth-order valence-corrected chi connectivity index (χ4v) is 3.44. The molecule has 1 fully saturated rings. The number of carbonyl (C=O) groups excluding carboxylic acids is 2. The number of nitrogens with one attached hydrogen (secondary N) is 1. The molecule has 6 heteroatoms. The van der Waals surface area contributed by atoms with Crippen LogP contribution in [0.25, 0.3) is 6.08 Å². The molecule has 31 heavy (non-hydrogen) atoms. The zero-order chi connectivity index (χ0) is 21.9. The Hall–Kier alpha value is -3.28. The van der Waals surface area contributed by atoms with E-state index in [0.29, 0.717) is 24.7 Å². The molecule has 0 radical (unpaired) electrons. The minimum atomic E-state index is -0.566. The van der Waals surface area contributed by atoms with Crippen LogP contribution in [0.1, 0.15) is 43.7 Å². The van der Waals surface area contributed by atoms with E-state index in [1.807, 2.05) is 49.4 Å². The third kappa shape index (κ3) is 7.48. The third-order valence-corrected chi connectivity index (χ3v) is 4.98. The summed E-state index contributed by atoms with van der Waals surface area (Å²) in [5.41, 5.74) is 1.83. The molecule has 0 bridgehead atoms. The molecule has 0 atom stereocenters. The second-order valence-corrected chi connectivity index (χ2v) is 7.40. The van der Waals surface area contributed by atoms with Crippen molar-refractivity contribution >= 4 is 18.0 Å². The van der Waals surface area contributed by atoms with Gasteiger partial charge in [-0.3, -0.25) is 4.79 Å². The number of esters is 1. The van der Waals surface area contributed by atoms with Gasteiger partial charge in [-0.2, -0.15) is 0 Å². The predicted molar refractivity (Wildman–Crippen MR) is 119 cm³/mol. The first-order valence-electron chi connectivity index (χ1n) is 10.7. The molecule has 2 aromatic rings. The summed E-state index contributed by atoms with van der Waals surface area (Å²) >= 11 is 0. The largest absolute Gasteiger partial charge is 0.490 e. The van der Waals surface area contributed by atoms with Crippen LogP contribution < -0.4 is 14.8 Å². The van der Waals surface area contributed by atoms with Gasteiger partial charge in [0.1, 0.15) is 6.61 Å². The molecular weight excluding hydrogens is 394 g/mol. The maximum Gasteiger partial charge on any atom is 0.331 e. The molecule has 1 aliphatic carbocycles. The van der Waals surface area contributed by atoms with Gasteiger partial charge in [0.25, 0.3) is 5.91 Å². The molecule has 1 saturated carbocycles. The molecule has 1 aliphatic rings. The summed E-state index contributed by atoms with van der Waals surface area (Å²) in [6, 6.07) is 15.5. The van der Waals surface area contributed by atoms with Gasteiger partial charge in [-0.05, 0) is 49.1 Å². The van der Waals surface area contributed by atoms with Crippen LogP contribution in [0.15, 0.2) is 54.6 Å². The van der Waals surface area contributed by atoms with Crippen molar-refractivity contribution in [3.8, 4) is 11.5 Å². The standard InChI is InChI=1S/C25H29NO5/c1-2-29-23-16-19(12-14-22(23)30-17-20-8-4-3-5-9-20)13-15-25(28)31-18-24(27)26-21-10-6-7-11-21/h3-5,8-9,12-16,21H,2,6-7,10-11,17-18H2,1H3,(H,26,27). The van der Waals surface area contributed by atoms with E-state index in [2.05, 4.69) is 5.32 Å². The second-order valence-electron chi connectivity index (χ2n) is 7.40. The fourth-order valence-electron chi connectivity index (χ4n) is 3.44. The van der Waals surface area contributed by atoms with E-state index < -0.39 is 5.97 Å². The van der Waals surface area contributed by atoms with Gasteiger partial charge in [-0.15, -0.1) is 0 Å². The Morgan fingerprint density at radius 1 is 1.03 bits per heavy atom. The lowest BCUT2D eigenvalue weighted by Crippen LogP contribution is -2.35. The minimum absolute atomic E-state index is 0.210. The molecule has 0 spiro atoms. The molecule has 1 amide bonds. The number of ether oxygens (including phenoxy) is 3. The maximum absolute atomic E-state index is 12.0. The molecule has 3 rings (SSSR count). The summed E-state index contributed by atoms with van der Waals surface area (Å²) in [7, 11) is 0. The number of amides is 1. The highest BCUT2D eigenvalue weighted by Crippen LogP contribution is 2.29. The van der Waals surface area contributed by atoms with E-state index >= 15 is 0 Å². The van der Waals surface area contributed by atoms with Crippen LogP contribution in [0.2, 0.25) is 0 Å². The molecule has 0 aliphatic heterocycles. The zero-order valence-electron chi connectivity index (χ0n) is 17.8. The van der Waals surface area contributed by atoms with Crippen LogP contribution in [0, 0.1) is 0 Å². The molecule has 0 heterocycles. The number of hydrogen-bond acceptors (Lipinski definition) is 5. The Balaban J connectivity index is 1.52. The number of carbonyl (C=O) groups is 2. The summed E-state index contributed by atoms with van der Waals surface area (Å²) in [6.45, 7) is 2.56. The maximum atomic E-state index is 12.0. The van der Waals surface area contributed by atoms with Crippen molar-refractivity contribution in [1.82, 2.24) is 5.32 Å². The number of rotatable bonds is 10. The van der Waals surface area contributed by atoms with E-state index in [1.54, 1.807) is 12.1 Å². The third-order valence-electron chi connectivity index (χ3n) is 4.98. The first-order valence-corrected chi connectivity index (χ1v) is 10.7. The quantitative estimate of drug-likeness (QED) is 0.456. The molecular formula is C25H29NO5. The summed E-state index contributed by atoms with van der Waals surface area (Å²) in [5, 5.41) is 2.89. The van der Waals surface area contributed by atoms with E-state index in [4.69, 9.17) is 14.2 Å². The highest BCUT2D eigenvalue weighted by Gasteiger charge is 2.17. The highest BCUT2D eigenvalue weighted by atomic mass is 16.5. The number of benzene rings is 2. The van der Waals surface area contributed by atoms with Gasteiger partial charge in [-0.1, -0.05) is 49.2 Å². The Morgan fingerprint density at radius 2 is 1.81 bits per heavy atom. The van der Waals surface area contributed by atoms with Gasteiger partial charge in [0.15, 0.2) is 18.1 Å². The van der Waals surface area contributed by atoms with Crippen molar-refractivity contribution in [2.24, 2.45) is 0 Å². The van der Waals surface area contributed by atoms with Crippen molar-refractivity contribution in [1.29, 1.82) is 0 Å². The number of hydrogen-bond donors (Lipinski definition) is 1. The van der Waals surface area contributed by atoms with Gasteiger partial charge in [0, 0.05) is 12.1 Å². The normalized spacial score (nSPS) is 13.8. The lowest BCUT2D eigenvalue weighted by molar-refractivity contribution is -0.144. The van der Waals surface area contributed by atoms with E-state index in [9.17, 15) is 9.59 Å². The molecule has 6 nitrogen and oxygen atoms in total. The monoisotopic (exact) mass is 423 g/mol. The Labute approximate surface area is 183 Å². The van der Waals surface area contributed by atoms with Gasteiger partial charge in [-0.25, -0.2) is 4.79 Å². The van der Waals surface area contributed by atoms with Crippen molar-refractivity contribution in [3.63, 3.8) is 0 Å². The van der Waals surface area contributed by atoms with Crippen molar-refractivity contribution < 1.29 is 23.8 Å². The SMILES string of the molecule is CCOc1cc(C=CC(=O)OCC(=O)NC2CCCC2)ccc1OCc1ccccc1. The lowest BCUT2D eigenvalue weighted by atomic mass is 10.2. The summed E-state index contributed by atoms with van der Waals surface area (Å²) in [6.07, 6.45) is 7.18. The Bertz CT molecular complexity index is 888. The van der Waals surface area contributed by atoms with Crippen LogP contribution in [-0.2, 0) is 20.9 Å².